The molecule has 0 unspecified atom stereocenters. The third kappa shape index (κ3) is 1.46. The lowest BCUT2D eigenvalue weighted by Gasteiger charge is -2.12. The molecule has 0 N–H and O–H groups in total. The summed E-state index contributed by atoms with van der Waals surface area (Å²) in [6.07, 6.45) is 3.94. The van der Waals surface area contributed by atoms with E-state index in [1.165, 1.54) is 5.56 Å². The second kappa shape index (κ2) is 3.24. The van der Waals surface area contributed by atoms with Crippen LogP contribution < -0.4 is 0 Å². The van der Waals surface area contributed by atoms with Crippen LogP contribution in [-0.4, -0.2) is 0 Å². The molecule has 0 spiro atoms. The predicted octanol–water partition coefficient (Wildman–Crippen LogP) is 3.19. The van der Waals surface area contributed by atoms with E-state index in [0.717, 1.165) is 24.0 Å². The van der Waals surface area contributed by atoms with Gasteiger partial charge in [0, 0.05) is 5.02 Å². The van der Waals surface area contributed by atoms with E-state index in [-0.39, 0.29) is 0 Å². The average molecular weight is 190 g/mol. The number of allylic oxidation sites excluding steroid dienone is 2. The third-order valence-corrected chi connectivity index (χ3v) is 2.48. The van der Waals surface area contributed by atoms with Crippen molar-refractivity contribution >= 4 is 17.2 Å². The highest BCUT2D eigenvalue weighted by molar-refractivity contribution is 6.30. The molecule has 1 aliphatic carbocycles. The van der Waals surface area contributed by atoms with E-state index in [4.69, 9.17) is 16.9 Å². The molecular weight excluding hydrogens is 182 g/mol. The van der Waals surface area contributed by atoms with Crippen LogP contribution in [0, 0.1) is 11.3 Å². The number of rotatable bonds is 0. The Morgan fingerprint density at radius 3 is 3.00 bits per heavy atom. The zero-order chi connectivity index (χ0) is 9.26. The van der Waals surface area contributed by atoms with Crippen LogP contribution in [0.2, 0.25) is 5.02 Å². The molecule has 0 radical (unpaired) electrons. The number of halogens is 1. The van der Waals surface area contributed by atoms with Gasteiger partial charge in [-0.25, -0.2) is 0 Å². The molecule has 0 aliphatic heterocycles. The van der Waals surface area contributed by atoms with Crippen LogP contribution in [0.3, 0.4) is 0 Å². The second-order valence-electron chi connectivity index (χ2n) is 3.07. The van der Waals surface area contributed by atoms with Crippen LogP contribution >= 0.6 is 11.6 Å². The zero-order valence-electron chi connectivity index (χ0n) is 7.05. The topological polar surface area (TPSA) is 23.8 Å². The summed E-state index contributed by atoms with van der Waals surface area (Å²) >= 11 is 5.86. The number of fused-ring (bicyclic) bond motifs is 1. The van der Waals surface area contributed by atoms with Gasteiger partial charge < -0.3 is 0 Å². The standard InChI is InChI=1S/C11H8ClN/c12-10-5-4-8-2-1-3-9(7-13)11(8)6-10/h3-6H,1-2H2. The number of aryl methyl sites for hydroxylation is 1. The van der Waals surface area contributed by atoms with Gasteiger partial charge in [0.25, 0.3) is 0 Å². The quantitative estimate of drug-likeness (QED) is 0.615. The summed E-state index contributed by atoms with van der Waals surface area (Å²) in [7, 11) is 0. The number of nitriles is 1. The van der Waals surface area contributed by atoms with E-state index in [1.54, 1.807) is 0 Å². The van der Waals surface area contributed by atoms with Crippen molar-refractivity contribution in [2.75, 3.05) is 0 Å². The lowest BCUT2D eigenvalue weighted by atomic mass is 9.92. The Bertz CT molecular complexity index is 413. The summed E-state index contributed by atoms with van der Waals surface area (Å²) in [4.78, 5) is 0. The molecule has 1 nitrogen and oxygen atoms in total. The van der Waals surface area contributed by atoms with Crippen LogP contribution in [0.25, 0.3) is 5.57 Å². The Labute approximate surface area is 82.3 Å². The predicted molar refractivity (Wildman–Crippen MR) is 53.4 cm³/mol. The Hall–Kier alpha value is -1.26. The minimum Gasteiger partial charge on any atom is -0.192 e. The average Bonchev–Trinajstić information content (AvgIpc) is 2.17. The summed E-state index contributed by atoms with van der Waals surface area (Å²) < 4.78 is 0. The van der Waals surface area contributed by atoms with Crippen molar-refractivity contribution in [2.24, 2.45) is 0 Å². The first-order valence-corrected chi connectivity index (χ1v) is 4.58. The lowest BCUT2D eigenvalue weighted by Crippen LogP contribution is -1.97. The first kappa shape index (κ1) is 8.34. The Balaban J connectivity index is 2.59. The highest BCUT2D eigenvalue weighted by Crippen LogP contribution is 2.28. The molecule has 0 fully saturated rings. The molecule has 64 valence electrons. The van der Waals surface area contributed by atoms with Gasteiger partial charge in [0.15, 0.2) is 0 Å². The van der Waals surface area contributed by atoms with E-state index in [9.17, 15) is 0 Å². The lowest BCUT2D eigenvalue weighted by molar-refractivity contribution is 0.980. The van der Waals surface area contributed by atoms with Crippen molar-refractivity contribution in [3.8, 4) is 6.07 Å². The molecule has 0 atom stereocenters. The van der Waals surface area contributed by atoms with Crippen molar-refractivity contribution in [1.82, 2.24) is 0 Å². The molecule has 13 heavy (non-hydrogen) atoms. The monoisotopic (exact) mass is 189 g/mol. The summed E-state index contributed by atoms with van der Waals surface area (Å²) in [5.74, 6) is 0. The fourth-order valence-electron chi connectivity index (χ4n) is 1.61. The minimum absolute atomic E-state index is 0.696. The van der Waals surface area contributed by atoms with Crippen molar-refractivity contribution in [3.63, 3.8) is 0 Å². The molecule has 2 rings (SSSR count). The highest BCUT2D eigenvalue weighted by atomic mass is 35.5. The van der Waals surface area contributed by atoms with Crippen LogP contribution in [0.15, 0.2) is 24.3 Å². The largest absolute Gasteiger partial charge is 0.192 e. The van der Waals surface area contributed by atoms with Gasteiger partial charge in [-0.3, -0.25) is 0 Å². The van der Waals surface area contributed by atoms with Crippen LogP contribution in [0.1, 0.15) is 17.5 Å². The molecule has 0 amide bonds. The maximum atomic E-state index is 8.87. The Morgan fingerprint density at radius 2 is 2.23 bits per heavy atom. The summed E-state index contributed by atoms with van der Waals surface area (Å²) in [6.45, 7) is 0. The SMILES string of the molecule is N#CC1=CCCc2ccc(Cl)cc21. The fraction of sp³-hybridized carbons (Fsp3) is 0.182. The van der Waals surface area contributed by atoms with E-state index in [1.807, 2.05) is 24.3 Å². The maximum Gasteiger partial charge on any atom is 0.0994 e. The summed E-state index contributed by atoms with van der Waals surface area (Å²) in [5, 5.41) is 9.56. The number of nitrogens with zero attached hydrogens (tertiary/aromatic N) is 1. The molecule has 1 aromatic rings. The third-order valence-electron chi connectivity index (χ3n) is 2.24. The van der Waals surface area contributed by atoms with Gasteiger partial charge in [-0.1, -0.05) is 23.7 Å². The van der Waals surface area contributed by atoms with Gasteiger partial charge in [-0.15, -0.1) is 0 Å². The smallest absolute Gasteiger partial charge is 0.0994 e. The molecule has 0 bridgehead atoms. The van der Waals surface area contributed by atoms with Crippen molar-refractivity contribution in [2.45, 2.75) is 12.8 Å². The van der Waals surface area contributed by atoms with E-state index >= 15 is 0 Å². The van der Waals surface area contributed by atoms with Crippen molar-refractivity contribution < 1.29 is 0 Å². The second-order valence-corrected chi connectivity index (χ2v) is 3.51. The molecule has 0 aromatic heterocycles. The van der Waals surface area contributed by atoms with Crippen LogP contribution in [0.5, 0.6) is 0 Å². The normalized spacial score (nSPS) is 14.3. The Kier molecular flexibility index (Phi) is 2.08. The van der Waals surface area contributed by atoms with Crippen molar-refractivity contribution in [3.05, 3.63) is 40.4 Å². The van der Waals surface area contributed by atoms with Crippen LogP contribution in [-0.2, 0) is 6.42 Å². The molecule has 1 aromatic carbocycles. The summed E-state index contributed by atoms with van der Waals surface area (Å²) in [5.41, 5.74) is 2.98. The first-order chi connectivity index (χ1) is 6.31. The molecule has 2 heteroatoms. The van der Waals surface area contributed by atoms with Crippen LogP contribution in [0.4, 0.5) is 0 Å². The number of benzene rings is 1. The molecule has 0 saturated heterocycles. The minimum atomic E-state index is 0.696. The Morgan fingerprint density at radius 1 is 1.38 bits per heavy atom. The first-order valence-electron chi connectivity index (χ1n) is 4.20. The number of hydrogen-bond donors (Lipinski definition) is 0. The zero-order valence-corrected chi connectivity index (χ0v) is 7.80. The van der Waals surface area contributed by atoms with E-state index in [0.29, 0.717) is 5.02 Å². The molecule has 0 saturated carbocycles. The summed E-state index contributed by atoms with van der Waals surface area (Å²) in [6, 6.07) is 7.93. The van der Waals surface area contributed by atoms with Gasteiger partial charge in [0.2, 0.25) is 0 Å². The van der Waals surface area contributed by atoms with Gasteiger partial charge in [-0.2, -0.15) is 5.26 Å². The highest BCUT2D eigenvalue weighted by Gasteiger charge is 2.11. The van der Waals surface area contributed by atoms with E-state index < -0.39 is 0 Å². The van der Waals surface area contributed by atoms with Gasteiger partial charge >= 0.3 is 0 Å². The molecular formula is C11H8ClN. The molecule has 1 aliphatic rings. The van der Waals surface area contributed by atoms with Gasteiger partial charge in [0.05, 0.1) is 11.6 Å². The van der Waals surface area contributed by atoms with Gasteiger partial charge in [0.1, 0.15) is 0 Å². The molecule has 0 heterocycles. The number of hydrogen-bond acceptors (Lipinski definition) is 1. The van der Waals surface area contributed by atoms with E-state index in [2.05, 4.69) is 6.07 Å². The van der Waals surface area contributed by atoms with Crippen molar-refractivity contribution in [1.29, 1.82) is 5.26 Å². The van der Waals surface area contributed by atoms with Gasteiger partial charge in [-0.05, 0) is 36.1 Å². The maximum absolute atomic E-state index is 8.87. The fourth-order valence-corrected chi connectivity index (χ4v) is 1.78.